The van der Waals surface area contributed by atoms with Crippen LogP contribution in [0, 0.1) is 11.8 Å². The number of amides is 1. The summed E-state index contributed by atoms with van der Waals surface area (Å²) in [6.07, 6.45) is 20.7. The molecule has 1 rings (SSSR count). The van der Waals surface area contributed by atoms with E-state index in [1.807, 2.05) is 0 Å². The third kappa shape index (κ3) is 9.97. The Morgan fingerprint density at radius 1 is 1.04 bits per heavy atom. The molecule has 0 radical (unpaired) electrons. The Kier molecular flexibility index (Phi) is 12.9. The van der Waals surface area contributed by atoms with Crippen LogP contribution in [-0.2, 0) is 9.59 Å². The number of rotatable bonds is 16. The molecule has 27 heavy (non-hydrogen) atoms. The lowest BCUT2D eigenvalue weighted by Gasteiger charge is -2.18. The molecule has 0 aromatic carbocycles. The number of nitrogens with zero attached hydrogens (tertiary/aromatic N) is 1. The number of carbonyl (C=O) groups excluding carboxylic acids is 1. The van der Waals surface area contributed by atoms with Crippen LogP contribution in [0.15, 0.2) is 12.2 Å². The van der Waals surface area contributed by atoms with Crippen molar-refractivity contribution in [2.24, 2.45) is 11.8 Å². The number of aliphatic carboxylic acids is 1. The largest absolute Gasteiger partial charge is 0.481 e. The van der Waals surface area contributed by atoms with Crippen molar-refractivity contribution in [3.8, 4) is 0 Å². The van der Waals surface area contributed by atoms with Gasteiger partial charge in [-0.1, -0.05) is 70.4 Å². The van der Waals surface area contributed by atoms with Gasteiger partial charge in [0.05, 0.1) is 11.8 Å². The predicted molar refractivity (Wildman–Crippen MR) is 112 cm³/mol. The molecule has 2 atom stereocenters. The maximum atomic E-state index is 12.1. The van der Waals surface area contributed by atoms with Crippen LogP contribution in [0.4, 0.5) is 0 Å². The summed E-state index contributed by atoms with van der Waals surface area (Å²) in [7, 11) is 1.77. The van der Waals surface area contributed by atoms with E-state index in [0.29, 0.717) is 19.4 Å². The smallest absolute Gasteiger partial charge is 0.307 e. The van der Waals surface area contributed by atoms with Gasteiger partial charge in [0, 0.05) is 13.6 Å². The van der Waals surface area contributed by atoms with Crippen molar-refractivity contribution >= 4 is 11.9 Å². The second kappa shape index (κ2) is 14.7. The fourth-order valence-electron chi connectivity index (χ4n) is 3.98. The van der Waals surface area contributed by atoms with Crippen molar-refractivity contribution in [3.63, 3.8) is 0 Å². The van der Waals surface area contributed by atoms with Gasteiger partial charge in [0.25, 0.3) is 0 Å². The summed E-state index contributed by atoms with van der Waals surface area (Å²) in [4.78, 5) is 25.2. The third-order valence-corrected chi connectivity index (χ3v) is 5.80. The van der Waals surface area contributed by atoms with Crippen molar-refractivity contribution in [1.29, 1.82) is 0 Å². The Morgan fingerprint density at radius 3 is 2.11 bits per heavy atom. The number of carboxylic acid groups (broad SMARTS) is 1. The minimum absolute atomic E-state index is 0.0119. The molecule has 1 saturated heterocycles. The molecular formula is C23H41NO3. The molecule has 2 unspecified atom stereocenters. The number of hydrogen-bond acceptors (Lipinski definition) is 2. The second-order valence-corrected chi connectivity index (χ2v) is 8.12. The first-order chi connectivity index (χ1) is 13.1. The molecule has 4 heteroatoms. The summed E-state index contributed by atoms with van der Waals surface area (Å²) in [5, 5.41) is 9.46. The first-order valence-corrected chi connectivity index (χ1v) is 11.2. The molecule has 0 aliphatic carbocycles. The van der Waals surface area contributed by atoms with Crippen LogP contribution in [0.2, 0.25) is 0 Å². The molecule has 0 bridgehead atoms. The topological polar surface area (TPSA) is 57.6 Å². The van der Waals surface area contributed by atoms with Gasteiger partial charge in [-0.2, -0.15) is 0 Å². The van der Waals surface area contributed by atoms with E-state index in [1.54, 1.807) is 11.9 Å². The molecule has 1 fully saturated rings. The highest BCUT2D eigenvalue weighted by Gasteiger charge is 2.38. The van der Waals surface area contributed by atoms with Crippen LogP contribution in [-0.4, -0.2) is 35.5 Å². The zero-order valence-corrected chi connectivity index (χ0v) is 17.6. The molecule has 0 aromatic heterocycles. The number of hydrogen-bond donors (Lipinski definition) is 1. The number of likely N-dealkylation sites (tertiary alicyclic amines) is 1. The Labute approximate surface area is 166 Å². The minimum atomic E-state index is -0.804. The normalized spacial score (nSPS) is 18.5. The molecule has 156 valence electrons. The quantitative estimate of drug-likeness (QED) is 0.272. The van der Waals surface area contributed by atoms with Crippen molar-refractivity contribution < 1.29 is 14.7 Å². The zero-order chi connectivity index (χ0) is 19.9. The van der Waals surface area contributed by atoms with Crippen molar-refractivity contribution in [3.05, 3.63) is 12.2 Å². The van der Waals surface area contributed by atoms with Crippen LogP contribution in [0.3, 0.4) is 0 Å². The first-order valence-electron chi connectivity index (χ1n) is 11.2. The number of allylic oxidation sites excluding steroid dienone is 2. The first kappa shape index (κ1) is 23.7. The number of unbranched alkanes of at least 4 members (excludes halogenated alkanes) is 10. The molecule has 1 aliphatic rings. The lowest BCUT2D eigenvalue weighted by Crippen LogP contribution is -2.31. The van der Waals surface area contributed by atoms with E-state index in [1.165, 1.54) is 51.4 Å². The van der Waals surface area contributed by atoms with Crippen LogP contribution in [0.5, 0.6) is 0 Å². The molecule has 0 saturated carbocycles. The van der Waals surface area contributed by atoms with Gasteiger partial charge in [-0.25, -0.2) is 0 Å². The predicted octanol–water partition coefficient (Wildman–Crippen LogP) is 5.81. The fourth-order valence-corrected chi connectivity index (χ4v) is 3.98. The van der Waals surface area contributed by atoms with E-state index in [9.17, 15) is 14.7 Å². The fraction of sp³-hybridized carbons (Fsp3) is 0.826. The molecule has 1 N–H and O–H groups in total. The highest BCUT2D eigenvalue weighted by Crippen LogP contribution is 2.29. The summed E-state index contributed by atoms with van der Waals surface area (Å²) in [5.41, 5.74) is 0. The second-order valence-electron chi connectivity index (χ2n) is 8.12. The molecule has 1 amide bonds. The minimum Gasteiger partial charge on any atom is -0.481 e. The molecule has 0 spiro atoms. The van der Waals surface area contributed by atoms with E-state index in [0.717, 1.165) is 25.7 Å². The van der Waals surface area contributed by atoms with Crippen LogP contribution < -0.4 is 0 Å². The van der Waals surface area contributed by atoms with Gasteiger partial charge in [-0.15, -0.1) is 0 Å². The number of carbonyl (C=O) groups is 2. The van der Waals surface area contributed by atoms with E-state index in [4.69, 9.17) is 0 Å². The summed E-state index contributed by atoms with van der Waals surface area (Å²) in [6, 6.07) is 0. The summed E-state index contributed by atoms with van der Waals surface area (Å²) in [5.74, 6) is -1.60. The summed E-state index contributed by atoms with van der Waals surface area (Å²) in [6.45, 7) is 2.95. The third-order valence-electron chi connectivity index (χ3n) is 5.80. The Bertz CT molecular complexity index is 447. The monoisotopic (exact) mass is 379 g/mol. The average molecular weight is 380 g/mol. The van der Waals surface area contributed by atoms with E-state index < -0.39 is 11.9 Å². The SMILES string of the molecule is CCCCCCCC/C=C\CCCCCCC(C(=O)O)C1CCN(C)C1=O. The molecule has 4 nitrogen and oxygen atoms in total. The maximum absolute atomic E-state index is 12.1. The Morgan fingerprint density at radius 2 is 1.59 bits per heavy atom. The van der Waals surface area contributed by atoms with Crippen molar-refractivity contribution in [2.45, 2.75) is 96.8 Å². The van der Waals surface area contributed by atoms with E-state index in [-0.39, 0.29) is 11.8 Å². The van der Waals surface area contributed by atoms with Gasteiger partial charge in [0.1, 0.15) is 0 Å². The van der Waals surface area contributed by atoms with Crippen LogP contribution >= 0.6 is 0 Å². The van der Waals surface area contributed by atoms with Gasteiger partial charge in [0.2, 0.25) is 5.91 Å². The van der Waals surface area contributed by atoms with Gasteiger partial charge in [-0.3, -0.25) is 9.59 Å². The Hall–Kier alpha value is -1.32. The van der Waals surface area contributed by atoms with Crippen LogP contribution in [0.25, 0.3) is 0 Å². The Balaban J connectivity index is 2.02. The molecular weight excluding hydrogens is 338 g/mol. The molecule has 0 aromatic rings. The maximum Gasteiger partial charge on any atom is 0.307 e. The van der Waals surface area contributed by atoms with E-state index >= 15 is 0 Å². The van der Waals surface area contributed by atoms with Crippen LogP contribution in [0.1, 0.15) is 96.8 Å². The van der Waals surface area contributed by atoms with Crippen molar-refractivity contribution in [1.82, 2.24) is 4.90 Å². The molecule has 1 heterocycles. The van der Waals surface area contributed by atoms with Gasteiger partial charge >= 0.3 is 5.97 Å². The zero-order valence-electron chi connectivity index (χ0n) is 17.6. The summed E-state index contributed by atoms with van der Waals surface area (Å²) < 4.78 is 0. The molecule has 1 aliphatic heterocycles. The van der Waals surface area contributed by atoms with E-state index in [2.05, 4.69) is 19.1 Å². The van der Waals surface area contributed by atoms with Gasteiger partial charge < -0.3 is 10.0 Å². The lowest BCUT2D eigenvalue weighted by atomic mass is 9.86. The summed E-state index contributed by atoms with van der Waals surface area (Å²) >= 11 is 0. The van der Waals surface area contributed by atoms with Gasteiger partial charge in [0.15, 0.2) is 0 Å². The van der Waals surface area contributed by atoms with Gasteiger partial charge in [-0.05, 0) is 38.5 Å². The lowest BCUT2D eigenvalue weighted by molar-refractivity contribution is -0.148. The average Bonchev–Trinajstić information content (AvgIpc) is 2.97. The number of carboxylic acids is 1. The standard InChI is InChI=1S/C23H41NO3/c1-3-4-5-6-7-8-9-10-11-12-13-14-15-16-17-21(23(26)27)20-18-19-24(2)22(20)25/h10-11,20-21H,3-9,12-19H2,1-2H3,(H,26,27)/b11-10-. The van der Waals surface area contributed by atoms with Crippen molar-refractivity contribution in [2.75, 3.05) is 13.6 Å². The highest BCUT2D eigenvalue weighted by molar-refractivity contribution is 5.86. The highest BCUT2D eigenvalue weighted by atomic mass is 16.4.